The van der Waals surface area contributed by atoms with Crippen LogP contribution >= 0.6 is 27.3 Å². The fraction of sp³-hybridized carbons (Fsp3) is 0.231. The van der Waals surface area contributed by atoms with Gasteiger partial charge in [0.2, 0.25) is 0 Å². The molecule has 2 N–H and O–H groups in total. The number of hydrogen-bond donors (Lipinski definition) is 1. The van der Waals surface area contributed by atoms with Gasteiger partial charge in [-0.3, -0.25) is 0 Å². The summed E-state index contributed by atoms with van der Waals surface area (Å²) in [6.45, 7) is 1.21. The first-order valence-corrected chi connectivity index (χ1v) is 7.15. The topological polar surface area (TPSA) is 35.2 Å². The summed E-state index contributed by atoms with van der Waals surface area (Å²) in [6.07, 6.45) is 0.942. The third-order valence-electron chi connectivity index (χ3n) is 2.48. The van der Waals surface area contributed by atoms with Crippen LogP contribution in [0.4, 0.5) is 0 Å². The van der Waals surface area contributed by atoms with Gasteiger partial charge < -0.3 is 10.5 Å². The predicted octanol–water partition coefficient (Wildman–Crippen LogP) is 3.59. The maximum Gasteiger partial charge on any atom is 0.119 e. The minimum absolute atomic E-state index is 0.516. The van der Waals surface area contributed by atoms with Crippen LogP contribution in [0.2, 0.25) is 0 Å². The molecule has 90 valence electrons. The molecule has 0 unspecified atom stereocenters. The fourth-order valence-electron chi connectivity index (χ4n) is 1.52. The number of benzene rings is 1. The van der Waals surface area contributed by atoms with Crippen molar-refractivity contribution in [1.82, 2.24) is 0 Å². The smallest absolute Gasteiger partial charge is 0.119 e. The molecule has 1 aromatic heterocycles. The standard InChI is InChI=1S/C13H14BrNOS/c14-13-2-1-12(7-11(13)8-15)16-5-3-10-4-6-17-9-10/h1-2,4,6-7,9H,3,5,8,15H2. The summed E-state index contributed by atoms with van der Waals surface area (Å²) in [5.41, 5.74) is 8.03. The van der Waals surface area contributed by atoms with E-state index in [1.165, 1.54) is 5.56 Å². The molecular formula is C13H14BrNOS. The first kappa shape index (κ1) is 12.6. The van der Waals surface area contributed by atoms with Crippen molar-refractivity contribution in [3.8, 4) is 5.75 Å². The molecule has 1 aromatic carbocycles. The van der Waals surface area contributed by atoms with Gasteiger partial charge in [-0.05, 0) is 46.2 Å². The van der Waals surface area contributed by atoms with E-state index in [1.54, 1.807) is 11.3 Å². The quantitative estimate of drug-likeness (QED) is 0.916. The predicted molar refractivity (Wildman–Crippen MR) is 75.6 cm³/mol. The Morgan fingerprint density at radius 3 is 2.88 bits per heavy atom. The second-order valence-corrected chi connectivity index (χ2v) is 5.32. The highest BCUT2D eigenvalue weighted by Gasteiger charge is 2.01. The number of ether oxygens (including phenoxy) is 1. The Labute approximate surface area is 114 Å². The monoisotopic (exact) mass is 311 g/mol. The summed E-state index contributed by atoms with van der Waals surface area (Å²) in [4.78, 5) is 0. The summed E-state index contributed by atoms with van der Waals surface area (Å²) in [6, 6.07) is 8.04. The molecule has 0 aliphatic carbocycles. The van der Waals surface area contributed by atoms with Crippen molar-refractivity contribution in [2.45, 2.75) is 13.0 Å². The van der Waals surface area contributed by atoms with Gasteiger partial charge in [-0.25, -0.2) is 0 Å². The Morgan fingerprint density at radius 1 is 1.29 bits per heavy atom. The lowest BCUT2D eigenvalue weighted by molar-refractivity contribution is 0.321. The van der Waals surface area contributed by atoms with Crippen molar-refractivity contribution in [2.24, 2.45) is 5.73 Å². The highest BCUT2D eigenvalue weighted by atomic mass is 79.9. The average Bonchev–Trinajstić information content (AvgIpc) is 2.84. The van der Waals surface area contributed by atoms with Gasteiger partial charge >= 0.3 is 0 Å². The van der Waals surface area contributed by atoms with Crippen molar-refractivity contribution in [3.05, 3.63) is 50.6 Å². The summed E-state index contributed by atoms with van der Waals surface area (Å²) >= 11 is 5.17. The maximum atomic E-state index is 5.71. The number of hydrogen-bond acceptors (Lipinski definition) is 3. The molecule has 0 amide bonds. The van der Waals surface area contributed by atoms with Crippen molar-refractivity contribution in [3.63, 3.8) is 0 Å². The van der Waals surface area contributed by atoms with Gasteiger partial charge in [-0.15, -0.1) is 0 Å². The summed E-state index contributed by atoms with van der Waals surface area (Å²) < 4.78 is 6.74. The molecule has 4 heteroatoms. The molecule has 0 saturated carbocycles. The van der Waals surface area contributed by atoms with Crippen LogP contribution in [0, 0.1) is 0 Å². The lowest BCUT2D eigenvalue weighted by Gasteiger charge is -2.08. The van der Waals surface area contributed by atoms with E-state index < -0.39 is 0 Å². The summed E-state index contributed by atoms with van der Waals surface area (Å²) in [7, 11) is 0. The van der Waals surface area contributed by atoms with E-state index in [1.807, 2.05) is 18.2 Å². The van der Waals surface area contributed by atoms with E-state index in [9.17, 15) is 0 Å². The number of halogens is 1. The van der Waals surface area contributed by atoms with E-state index in [0.717, 1.165) is 22.2 Å². The lowest BCUT2D eigenvalue weighted by atomic mass is 10.2. The molecule has 0 aliphatic rings. The molecule has 0 aliphatic heterocycles. The number of rotatable bonds is 5. The Balaban J connectivity index is 1.90. The zero-order valence-corrected chi connectivity index (χ0v) is 11.8. The van der Waals surface area contributed by atoms with Crippen LogP contribution in [0.25, 0.3) is 0 Å². The van der Waals surface area contributed by atoms with Crippen LogP contribution in [-0.2, 0) is 13.0 Å². The zero-order valence-electron chi connectivity index (χ0n) is 9.36. The largest absolute Gasteiger partial charge is 0.493 e. The Morgan fingerprint density at radius 2 is 2.18 bits per heavy atom. The fourth-order valence-corrected chi connectivity index (χ4v) is 2.63. The average molecular weight is 312 g/mol. The van der Waals surface area contributed by atoms with Crippen molar-refractivity contribution < 1.29 is 4.74 Å². The van der Waals surface area contributed by atoms with Gasteiger partial charge in [0, 0.05) is 17.4 Å². The van der Waals surface area contributed by atoms with Crippen LogP contribution in [0.5, 0.6) is 5.75 Å². The van der Waals surface area contributed by atoms with Gasteiger partial charge in [0.15, 0.2) is 0 Å². The van der Waals surface area contributed by atoms with Crippen LogP contribution in [0.15, 0.2) is 39.5 Å². The first-order valence-electron chi connectivity index (χ1n) is 5.42. The second kappa shape index (κ2) is 6.19. The molecule has 0 atom stereocenters. The van der Waals surface area contributed by atoms with E-state index in [4.69, 9.17) is 10.5 Å². The van der Waals surface area contributed by atoms with Gasteiger partial charge in [-0.2, -0.15) is 11.3 Å². The molecule has 2 nitrogen and oxygen atoms in total. The highest BCUT2D eigenvalue weighted by Crippen LogP contribution is 2.22. The van der Waals surface area contributed by atoms with Gasteiger partial charge in [0.1, 0.15) is 5.75 Å². The van der Waals surface area contributed by atoms with Crippen molar-refractivity contribution >= 4 is 27.3 Å². The molecular weight excluding hydrogens is 298 g/mol. The molecule has 0 radical (unpaired) electrons. The molecule has 2 rings (SSSR count). The van der Waals surface area contributed by atoms with Gasteiger partial charge in [0.25, 0.3) is 0 Å². The maximum absolute atomic E-state index is 5.71. The Kier molecular flexibility index (Phi) is 4.59. The van der Waals surface area contributed by atoms with Crippen molar-refractivity contribution in [2.75, 3.05) is 6.61 Å². The lowest BCUT2D eigenvalue weighted by Crippen LogP contribution is -2.02. The van der Waals surface area contributed by atoms with Gasteiger partial charge in [-0.1, -0.05) is 15.9 Å². The minimum Gasteiger partial charge on any atom is -0.493 e. The molecule has 0 spiro atoms. The normalized spacial score (nSPS) is 10.5. The number of nitrogens with two attached hydrogens (primary N) is 1. The third kappa shape index (κ3) is 3.56. The third-order valence-corrected chi connectivity index (χ3v) is 3.98. The molecule has 0 saturated heterocycles. The second-order valence-electron chi connectivity index (χ2n) is 3.69. The van der Waals surface area contributed by atoms with Crippen LogP contribution in [0.1, 0.15) is 11.1 Å². The van der Waals surface area contributed by atoms with E-state index in [2.05, 4.69) is 32.8 Å². The summed E-state index contributed by atoms with van der Waals surface area (Å²) in [5, 5.41) is 4.23. The molecule has 17 heavy (non-hydrogen) atoms. The van der Waals surface area contributed by atoms with Crippen molar-refractivity contribution in [1.29, 1.82) is 0 Å². The molecule has 0 fully saturated rings. The van der Waals surface area contributed by atoms with Crippen LogP contribution in [0.3, 0.4) is 0 Å². The first-order chi connectivity index (χ1) is 8.29. The van der Waals surface area contributed by atoms with Gasteiger partial charge in [0.05, 0.1) is 6.61 Å². The molecule has 2 aromatic rings. The SMILES string of the molecule is NCc1cc(OCCc2ccsc2)ccc1Br. The van der Waals surface area contributed by atoms with E-state index in [0.29, 0.717) is 13.2 Å². The van der Waals surface area contributed by atoms with E-state index >= 15 is 0 Å². The molecule has 0 bridgehead atoms. The Bertz CT molecular complexity index is 470. The summed E-state index contributed by atoms with van der Waals surface area (Å²) in [5.74, 6) is 0.879. The minimum atomic E-state index is 0.516. The van der Waals surface area contributed by atoms with Crippen LogP contribution < -0.4 is 10.5 Å². The number of thiophene rings is 1. The Hall–Kier alpha value is -0.840. The van der Waals surface area contributed by atoms with Crippen LogP contribution in [-0.4, -0.2) is 6.61 Å². The molecule has 1 heterocycles. The zero-order chi connectivity index (χ0) is 12.1. The highest BCUT2D eigenvalue weighted by molar-refractivity contribution is 9.10. The van der Waals surface area contributed by atoms with E-state index in [-0.39, 0.29) is 0 Å².